The maximum Gasteiger partial charge on any atom is 0.243 e. The Morgan fingerprint density at radius 2 is 1.74 bits per heavy atom. The van der Waals surface area contributed by atoms with E-state index in [9.17, 15) is 13.2 Å². The first-order valence-corrected chi connectivity index (χ1v) is 11.5. The van der Waals surface area contributed by atoms with E-state index in [1.165, 1.54) is 0 Å². The van der Waals surface area contributed by atoms with Crippen LogP contribution in [0.3, 0.4) is 0 Å². The summed E-state index contributed by atoms with van der Waals surface area (Å²) in [4.78, 5) is 14.9. The SMILES string of the molecule is NC1CCC2CN(C(=O)Cc3ccc(S(=O)(=O)N4CCCCC4)cc3)CC12. The lowest BCUT2D eigenvalue weighted by atomic mass is 9.98. The van der Waals surface area contributed by atoms with E-state index >= 15 is 0 Å². The summed E-state index contributed by atoms with van der Waals surface area (Å²) in [6.07, 6.45) is 5.46. The van der Waals surface area contributed by atoms with Crippen LogP contribution < -0.4 is 5.73 Å². The molecule has 1 saturated carbocycles. The van der Waals surface area contributed by atoms with E-state index in [0.717, 1.165) is 50.8 Å². The summed E-state index contributed by atoms with van der Waals surface area (Å²) in [5, 5.41) is 0. The Morgan fingerprint density at radius 3 is 2.41 bits per heavy atom. The zero-order chi connectivity index (χ0) is 19.0. The van der Waals surface area contributed by atoms with Gasteiger partial charge in [0.05, 0.1) is 11.3 Å². The molecule has 0 aromatic heterocycles. The summed E-state index contributed by atoms with van der Waals surface area (Å²) in [5.41, 5.74) is 7.02. The third-order valence-corrected chi connectivity index (χ3v) is 8.41. The molecule has 7 heteroatoms. The molecule has 2 N–H and O–H groups in total. The van der Waals surface area contributed by atoms with Crippen LogP contribution in [0.2, 0.25) is 0 Å². The standard InChI is InChI=1S/C20H29N3O3S/c21-19-9-6-16-13-22(14-18(16)19)20(24)12-15-4-7-17(8-5-15)27(25,26)23-10-2-1-3-11-23/h4-5,7-8,16,18-19H,1-3,6,9-14,21H2. The van der Waals surface area contributed by atoms with Crippen molar-refractivity contribution in [1.29, 1.82) is 0 Å². The molecule has 1 aromatic rings. The second-order valence-corrected chi connectivity index (χ2v) is 10.2. The van der Waals surface area contributed by atoms with E-state index in [4.69, 9.17) is 5.73 Å². The molecule has 2 aliphatic heterocycles. The van der Waals surface area contributed by atoms with Crippen molar-refractivity contribution in [3.8, 4) is 0 Å². The van der Waals surface area contributed by atoms with Crippen molar-refractivity contribution < 1.29 is 13.2 Å². The molecule has 1 aliphatic carbocycles. The average molecular weight is 392 g/mol. The molecular weight excluding hydrogens is 362 g/mol. The van der Waals surface area contributed by atoms with E-state index in [1.807, 2.05) is 4.90 Å². The van der Waals surface area contributed by atoms with Crippen LogP contribution in [0.15, 0.2) is 29.2 Å². The monoisotopic (exact) mass is 391 g/mol. The van der Waals surface area contributed by atoms with Crippen molar-refractivity contribution in [2.75, 3.05) is 26.2 Å². The Kier molecular flexibility index (Phi) is 5.27. The topological polar surface area (TPSA) is 83.7 Å². The molecule has 6 nitrogen and oxygen atoms in total. The number of sulfonamides is 1. The zero-order valence-electron chi connectivity index (χ0n) is 15.7. The predicted molar refractivity (Wildman–Crippen MR) is 104 cm³/mol. The molecular formula is C20H29N3O3S. The fourth-order valence-corrected chi connectivity index (χ4v) is 6.35. The van der Waals surface area contributed by atoms with Crippen molar-refractivity contribution in [1.82, 2.24) is 9.21 Å². The number of piperidine rings is 1. The van der Waals surface area contributed by atoms with Crippen LogP contribution in [0.5, 0.6) is 0 Å². The van der Waals surface area contributed by atoms with Gasteiger partial charge in [0.1, 0.15) is 0 Å². The van der Waals surface area contributed by atoms with Crippen molar-refractivity contribution >= 4 is 15.9 Å². The lowest BCUT2D eigenvalue weighted by Gasteiger charge is -2.26. The van der Waals surface area contributed by atoms with Gasteiger partial charge in [-0.05, 0) is 55.2 Å². The van der Waals surface area contributed by atoms with Gasteiger partial charge in [-0.25, -0.2) is 8.42 Å². The first-order valence-electron chi connectivity index (χ1n) is 10.1. The minimum atomic E-state index is -3.42. The Bertz CT molecular complexity index is 787. The highest BCUT2D eigenvalue weighted by atomic mass is 32.2. The largest absolute Gasteiger partial charge is 0.342 e. The number of hydrogen-bond donors (Lipinski definition) is 1. The number of carbonyl (C=O) groups excluding carboxylic acids is 1. The second-order valence-electron chi connectivity index (χ2n) is 8.25. The highest BCUT2D eigenvalue weighted by Gasteiger charge is 2.42. The Hall–Kier alpha value is -1.44. The van der Waals surface area contributed by atoms with Crippen molar-refractivity contribution in [2.24, 2.45) is 17.6 Å². The molecule has 3 unspecified atom stereocenters. The quantitative estimate of drug-likeness (QED) is 0.845. The first-order chi connectivity index (χ1) is 12.9. The van der Waals surface area contributed by atoms with Crippen LogP contribution >= 0.6 is 0 Å². The molecule has 2 saturated heterocycles. The van der Waals surface area contributed by atoms with Crippen LogP contribution in [-0.2, 0) is 21.2 Å². The van der Waals surface area contributed by atoms with Gasteiger partial charge in [0.2, 0.25) is 15.9 Å². The number of hydrogen-bond acceptors (Lipinski definition) is 4. The van der Waals surface area contributed by atoms with E-state index in [2.05, 4.69) is 0 Å². The number of amides is 1. The highest BCUT2D eigenvalue weighted by molar-refractivity contribution is 7.89. The van der Waals surface area contributed by atoms with Crippen molar-refractivity contribution in [2.45, 2.75) is 49.5 Å². The van der Waals surface area contributed by atoms with Crippen molar-refractivity contribution in [3.63, 3.8) is 0 Å². The predicted octanol–water partition coefficient (Wildman–Crippen LogP) is 1.60. The second kappa shape index (κ2) is 7.53. The molecule has 3 aliphatic rings. The summed E-state index contributed by atoms with van der Waals surface area (Å²) >= 11 is 0. The first kappa shape index (κ1) is 18.9. The summed E-state index contributed by atoms with van der Waals surface area (Å²) in [6, 6.07) is 7.06. The van der Waals surface area contributed by atoms with Crippen LogP contribution in [0.4, 0.5) is 0 Å². The summed E-state index contributed by atoms with van der Waals surface area (Å²) < 4.78 is 27.0. The lowest BCUT2D eigenvalue weighted by Crippen LogP contribution is -2.35. The average Bonchev–Trinajstić information content (AvgIpc) is 3.25. The molecule has 1 aromatic carbocycles. The van der Waals surface area contributed by atoms with Crippen LogP contribution in [0, 0.1) is 11.8 Å². The van der Waals surface area contributed by atoms with E-state index in [0.29, 0.717) is 36.2 Å². The van der Waals surface area contributed by atoms with E-state index < -0.39 is 10.0 Å². The minimum absolute atomic E-state index is 0.114. The fourth-order valence-electron chi connectivity index (χ4n) is 4.83. The minimum Gasteiger partial charge on any atom is -0.342 e. The molecule has 148 valence electrons. The Labute approximate surface area is 161 Å². The highest BCUT2D eigenvalue weighted by Crippen LogP contribution is 2.37. The molecule has 1 amide bonds. The van der Waals surface area contributed by atoms with Gasteiger partial charge in [0.25, 0.3) is 0 Å². The van der Waals surface area contributed by atoms with Gasteiger partial charge < -0.3 is 10.6 Å². The van der Waals surface area contributed by atoms with E-state index in [1.54, 1.807) is 28.6 Å². The molecule has 0 bridgehead atoms. The van der Waals surface area contributed by atoms with Crippen LogP contribution in [0.1, 0.15) is 37.7 Å². The zero-order valence-corrected chi connectivity index (χ0v) is 16.5. The Balaban J connectivity index is 1.39. The molecule has 0 radical (unpaired) electrons. The molecule has 2 heterocycles. The fraction of sp³-hybridized carbons (Fsp3) is 0.650. The Morgan fingerprint density at radius 1 is 1.04 bits per heavy atom. The number of nitrogens with two attached hydrogens (primary N) is 1. The van der Waals surface area contributed by atoms with Gasteiger partial charge in [0.15, 0.2) is 0 Å². The van der Waals surface area contributed by atoms with Gasteiger partial charge in [0, 0.05) is 32.2 Å². The van der Waals surface area contributed by atoms with Gasteiger partial charge in [-0.15, -0.1) is 0 Å². The molecule has 4 rings (SSSR count). The number of rotatable bonds is 4. The van der Waals surface area contributed by atoms with Gasteiger partial charge >= 0.3 is 0 Å². The maximum atomic E-state index is 12.7. The molecule has 0 spiro atoms. The third-order valence-electron chi connectivity index (χ3n) is 6.50. The number of carbonyl (C=O) groups is 1. The van der Waals surface area contributed by atoms with Crippen LogP contribution in [0.25, 0.3) is 0 Å². The maximum absolute atomic E-state index is 12.7. The molecule has 3 fully saturated rings. The smallest absolute Gasteiger partial charge is 0.243 e. The van der Waals surface area contributed by atoms with Crippen LogP contribution in [-0.4, -0.2) is 55.8 Å². The summed E-state index contributed by atoms with van der Waals surface area (Å²) in [5.74, 6) is 1.12. The van der Waals surface area contributed by atoms with E-state index in [-0.39, 0.29) is 11.9 Å². The lowest BCUT2D eigenvalue weighted by molar-refractivity contribution is -0.129. The van der Waals surface area contributed by atoms with Gasteiger partial charge in [-0.3, -0.25) is 4.79 Å². The van der Waals surface area contributed by atoms with Crippen molar-refractivity contribution in [3.05, 3.63) is 29.8 Å². The number of likely N-dealkylation sites (tertiary alicyclic amines) is 1. The summed E-state index contributed by atoms with van der Waals surface area (Å²) in [7, 11) is -3.42. The number of fused-ring (bicyclic) bond motifs is 1. The van der Waals surface area contributed by atoms with Gasteiger partial charge in [-0.2, -0.15) is 4.31 Å². The third kappa shape index (κ3) is 3.77. The van der Waals surface area contributed by atoms with Gasteiger partial charge in [-0.1, -0.05) is 18.6 Å². The summed E-state index contributed by atoms with van der Waals surface area (Å²) in [6.45, 7) is 2.79. The molecule has 27 heavy (non-hydrogen) atoms. The number of benzene rings is 1. The number of nitrogens with zero attached hydrogens (tertiary/aromatic N) is 2. The normalized spacial score (nSPS) is 29.1. The molecule has 3 atom stereocenters.